The molecule has 7 heteroatoms. The number of nitrogens with two attached hydrogens (primary N) is 2. The maximum absolute atomic E-state index is 6.38. The van der Waals surface area contributed by atoms with Gasteiger partial charge in [0.15, 0.2) is 0 Å². The van der Waals surface area contributed by atoms with Gasteiger partial charge in [0.25, 0.3) is 0 Å². The summed E-state index contributed by atoms with van der Waals surface area (Å²) in [6, 6.07) is 16.2. The number of hydrogen-bond acceptors (Lipinski definition) is 6. The molecule has 34 heavy (non-hydrogen) atoms. The van der Waals surface area contributed by atoms with Gasteiger partial charge in [-0.1, -0.05) is 24.3 Å². The van der Waals surface area contributed by atoms with Crippen molar-refractivity contribution >= 4 is 22.2 Å². The van der Waals surface area contributed by atoms with E-state index in [9.17, 15) is 0 Å². The van der Waals surface area contributed by atoms with Crippen LogP contribution in [0.5, 0.6) is 0 Å². The second-order valence-corrected chi connectivity index (χ2v) is 9.12. The van der Waals surface area contributed by atoms with Crippen LogP contribution in [0.4, 0.5) is 5.82 Å². The number of aromatic nitrogens is 5. The monoisotopic (exact) mass is 449 g/mol. The minimum atomic E-state index is 0.389. The maximum Gasteiger partial charge on any atom is 0.150 e. The predicted molar refractivity (Wildman–Crippen MR) is 135 cm³/mol. The number of imidazole rings is 1. The van der Waals surface area contributed by atoms with E-state index in [1.165, 1.54) is 0 Å². The Bertz CT molecular complexity index is 1470. The van der Waals surface area contributed by atoms with E-state index in [2.05, 4.69) is 38.6 Å². The van der Waals surface area contributed by atoms with Crippen molar-refractivity contribution in [1.82, 2.24) is 24.3 Å². The summed E-state index contributed by atoms with van der Waals surface area (Å²) in [5, 5.41) is 1.07. The van der Waals surface area contributed by atoms with Gasteiger partial charge in [-0.15, -0.1) is 0 Å². The zero-order valence-corrected chi connectivity index (χ0v) is 18.9. The fourth-order valence-corrected chi connectivity index (χ4v) is 5.15. The molecule has 4 aromatic heterocycles. The molecule has 0 unspecified atom stereocenters. The zero-order chi connectivity index (χ0) is 23.1. The second kappa shape index (κ2) is 8.50. The van der Waals surface area contributed by atoms with Crippen LogP contribution in [0.2, 0.25) is 0 Å². The molecule has 0 radical (unpaired) electrons. The summed E-state index contributed by atoms with van der Waals surface area (Å²) in [6.45, 7) is 0.766. The highest BCUT2D eigenvalue weighted by molar-refractivity contribution is 5.91. The molecular weight excluding hydrogens is 422 g/mol. The van der Waals surface area contributed by atoms with E-state index in [0.717, 1.165) is 77.1 Å². The van der Waals surface area contributed by atoms with Crippen molar-refractivity contribution in [3.63, 3.8) is 0 Å². The second-order valence-electron chi connectivity index (χ2n) is 9.12. The smallest absolute Gasteiger partial charge is 0.150 e. The molecule has 1 fully saturated rings. The Morgan fingerprint density at radius 1 is 0.882 bits per heavy atom. The molecule has 0 atom stereocenters. The van der Waals surface area contributed by atoms with Gasteiger partial charge >= 0.3 is 0 Å². The third kappa shape index (κ3) is 3.58. The van der Waals surface area contributed by atoms with E-state index >= 15 is 0 Å². The molecule has 0 aliphatic heterocycles. The third-order valence-corrected chi connectivity index (χ3v) is 7.05. The van der Waals surface area contributed by atoms with Gasteiger partial charge in [-0.05, 0) is 62.4 Å². The summed E-state index contributed by atoms with van der Waals surface area (Å²) >= 11 is 0. The summed E-state index contributed by atoms with van der Waals surface area (Å²) in [5.41, 5.74) is 17.6. The van der Waals surface area contributed by atoms with Crippen LogP contribution in [0.1, 0.15) is 37.4 Å². The topological polar surface area (TPSA) is 108 Å². The van der Waals surface area contributed by atoms with E-state index in [-0.39, 0.29) is 0 Å². The predicted octanol–water partition coefficient (Wildman–Crippen LogP) is 4.82. The first-order valence-corrected chi connectivity index (χ1v) is 11.9. The summed E-state index contributed by atoms with van der Waals surface area (Å²) in [7, 11) is 0. The number of benzene rings is 1. The molecule has 7 nitrogen and oxygen atoms in total. The van der Waals surface area contributed by atoms with Crippen LogP contribution in [0, 0.1) is 5.92 Å². The zero-order valence-electron chi connectivity index (χ0n) is 18.9. The van der Waals surface area contributed by atoms with Crippen LogP contribution in [0.15, 0.2) is 67.1 Å². The fourth-order valence-electron chi connectivity index (χ4n) is 5.15. The molecule has 1 aliphatic carbocycles. The highest BCUT2D eigenvalue weighted by atomic mass is 15.1. The van der Waals surface area contributed by atoms with E-state index in [0.29, 0.717) is 17.7 Å². The van der Waals surface area contributed by atoms with Crippen molar-refractivity contribution in [3.05, 3.63) is 72.9 Å². The first-order valence-electron chi connectivity index (χ1n) is 11.9. The lowest BCUT2D eigenvalue weighted by Gasteiger charge is -2.26. The van der Waals surface area contributed by atoms with Gasteiger partial charge in [-0.25, -0.2) is 15.0 Å². The Hall–Kier alpha value is -3.84. The molecule has 0 spiro atoms. The van der Waals surface area contributed by atoms with E-state index < -0.39 is 0 Å². The minimum Gasteiger partial charge on any atom is -0.382 e. The Kier molecular flexibility index (Phi) is 5.19. The van der Waals surface area contributed by atoms with Crippen LogP contribution in [0.25, 0.3) is 39.1 Å². The molecule has 1 aromatic carbocycles. The van der Waals surface area contributed by atoms with Crippen LogP contribution in [-0.4, -0.2) is 30.9 Å². The number of anilines is 1. The van der Waals surface area contributed by atoms with Crippen LogP contribution in [-0.2, 0) is 0 Å². The standard InChI is InChI=1S/C27H27N7/c28-16-17-4-6-19(7-5-17)27-33-24(25-26(29)31-13-14-34(25)27)20-9-8-18-10-11-22(32-23(18)15-20)21-3-1-2-12-30-21/h1-3,8-15,17,19H,4-7,16,28H2,(H2,29,31). The highest BCUT2D eigenvalue weighted by Crippen LogP contribution is 2.38. The van der Waals surface area contributed by atoms with Crippen molar-refractivity contribution in [3.8, 4) is 22.6 Å². The summed E-state index contributed by atoms with van der Waals surface area (Å²) in [4.78, 5) is 18.9. The lowest BCUT2D eigenvalue weighted by atomic mass is 9.81. The average molecular weight is 450 g/mol. The molecule has 5 aromatic rings. The van der Waals surface area contributed by atoms with Crippen molar-refractivity contribution in [2.45, 2.75) is 31.6 Å². The van der Waals surface area contributed by atoms with Crippen molar-refractivity contribution < 1.29 is 0 Å². The molecule has 1 aliphatic rings. The maximum atomic E-state index is 6.38. The van der Waals surface area contributed by atoms with Crippen molar-refractivity contribution in [1.29, 1.82) is 0 Å². The average Bonchev–Trinajstić information content (AvgIpc) is 3.30. The highest BCUT2D eigenvalue weighted by Gasteiger charge is 2.27. The van der Waals surface area contributed by atoms with Gasteiger partial charge in [0.2, 0.25) is 0 Å². The van der Waals surface area contributed by atoms with Gasteiger partial charge in [0.1, 0.15) is 22.9 Å². The first-order chi connectivity index (χ1) is 16.7. The molecule has 0 amide bonds. The summed E-state index contributed by atoms with van der Waals surface area (Å²) < 4.78 is 2.13. The third-order valence-electron chi connectivity index (χ3n) is 7.05. The van der Waals surface area contributed by atoms with Crippen molar-refractivity contribution in [2.75, 3.05) is 12.3 Å². The van der Waals surface area contributed by atoms with Crippen LogP contribution >= 0.6 is 0 Å². The number of fused-ring (bicyclic) bond motifs is 2. The van der Waals surface area contributed by atoms with Gasteiger partial charge in [0, 0.05) is 35.5 Å². The van der Waals surface area contributed by atoms with Gasteiger partial charge in [-0.3, -0.25) is 9.38 Å². The number of rotatable bonds is 4. The minimum absolute atomic E-state index is 0.389. The number of nitrogen functional groups attached to an aromatic ring is 1. The molecular formula is C27H27N7. The molecule has 1 saturated carbocycles. The lowest BCUT2D eigenvalue weighted by Crippen LogP contribution is -2.21. The SMILES string of the molecule is NCC1CCC(c2nc(-c3ccc4ccc(-c5ccccn5)nc4c3)c3c(N)nccn23)CC1. The molecule has 6 rings (SSSR count). The molecule has 4 heterocycles. The number of nitrogens with zero attached hydrogens (tertiary/aromatic N) is 5. The molecule has 0 saturated heterocycles. The largest absolute Gasteiger partial charge is 0.382 e. The van der Waals surface area contributed by atoms with Gasteiger partial charge in [-0.2, -0.15) is 0 Å². The van der Waals surface area contributed by atoms with E-state index in [4.69, 9.17) is 21.4 Å². The quantitative estimate of drug-likeness (QED) is 0.407. The van der Waals surface area contributed by atoms with E-state index in [1.807, 2.05) is 30.5 Å². The first kappa shape index (κ1) is 20.7. The fraction of sp³-hybridized carbons (Fsp3) is 0.259. The van der Waals surface area contributed by atoms with Crippen LogP contribution < -0.4 is 11.5 Å². The van der Waals surface area contributed by atoms with Crippen LogP contribution in [0.3, 0.4) is 0 Å². The molecule has 4 N–H and O–H groups in total. The number of hydrogen-bond donors (Lipinski definition) is 2. The number of pyridine rings is 2. The summed E-state index contributed by atoms with van der Waals surface area (Å²) in [5.74, 6) is 2.56. The summed E-state index contributed by atoms with van der Waals surface area (Å²) in [6.07, 6.45) is 9.98. The van der Waals surface area contributed by atoms with Gasteiger partial charge < -0.3 is 11.5 Å². The normalized spacial score (nSPS) is 18.5. The Morgan fingerprint density at radius 2 is 1.74 bits per heavy atom. The van der Waals surface area contributed by atoms with Crippen molar-refractivity contribution in [2.24, 2.45) is 11.7 Å². The van der Waals surface area contributed by atoms with E-state index in [1.54, 1.807) is 12.4 Å². The molecule has 170 valence electrons. The van der Waals surface area contributed by atoms with Gasteiger partial charge in [0.05, 0.1) is 16.9 Å². The Balaban J connectivity index is 1.46. The Labute approximate surface area is 197 Å². The lowest BCUT2D eigenvalue weighted by molar-refractivity contribution is 0.325. The Morgan fingerprint density at radius 3 is 2.53 bits per heavy atom. The molecule has 0 bridgehead atoms.